The van der Waals surface area contributed by atoms with Crippen LogP contribution in [0.2, 0.25) is 78.6 Å². The summed E-state index contributed by atoms with van der Waals surface area (Å²) in [4.78, 5) is 0. The predicted octanol–water partition coefficient (Wildman–Crippen LogP) is -1.70. The van der Waals surface area contributed by atoms with E-state index in [0.29, 0.717) is 0 Å². The quantitative estimate of drug-likeness (QED) is 0.204. The summed E-state index contributed by atoms with van der Waals surface area (Å²) in [6, 6.07) is 0. The largest absolute Gasteiger partial charge is 0.649 e. The van der Waals surface area contributed by atoms with Gasteiger partial charge in [-0.05, 0) is 78.6 Å². The maximum Gasteiger partial charge on any atom is 0.649 e. The van der Waals surface area contributed by atoms with Crippen molar-refractivity contribution < 1.29 is 74.1 Å². The maximum atomic E-state index is 6.76. The third-order valence-corrected chi connectivity index (χ3v) is 47.0. The lowest BCUT2D eigenvalue weighted by Crippen LogP contribution is -2.87. The first-order valence-electron chi connectivity index (χ1n) is 14.7. The minimum Gasteiger partial charge on any atom is -0.398 e. The normalized spacial score (nSPS) is 43.8. The molecular formula is C12H44O18Si14. The van der Waals surface area contributed by atoms with Gasteiger partial charge in [-0.1, -0.05) is 0 Å². The Morgan fingerprint density at radius 1 is 0.295 bits per heavy atom. The van der Waals surface area contributed by atoms with E-state index in [1.54, 1.807) is 0 Å². The predicted molar refractivity (Wildman–Crippen MR) is 182 cm³/mol. The number of rotatable bonds is 12. The molecule has 0 aromatic carbocycles. The van der Waals surface area contributed by atoms with Crippen LogP contribution < -0.4 is 0 Å². The van der Waals surface area contributed by atoms with Crippen molar-refractivity contribution in [3.63, 3.8) is 0 Å². The molecule has 0 spiro atoms. The van der Waals surface area contributed by atoms with E-state index in [2.05, 4.69) is 0 Å². The Hall–Kier alpha value is 2.32. The van der Waals surface area contributed by atoms with Crippen LogP contribution in [0.5, 0.6) is 0 Å². The molecule has 0 atom stereocenters. The van der Waals surface area contributed by atoms with Gasteiger partial charge in [-0.2, -0.15) is 0 Å². The van der Waals surface area contributed by atoms with Crippen molar-refractivity contribution >= 4 is 128 Å². The Morgan fingerprint density at radius 2 is 0.432 bits per heavy atom. The van der Waals surface area contributed by atoms with Crippen LogP contribution in [0.1, 0.15) is 0 Å². The zero-order chi connectivity index (χ0) is 32.3. The molecule has 8 bridgehead atoms. The van der Waals surface area contributed by atoms with Gasteiger partial charge in [0.15, 0.2) is 54.2 Å². The van der Waals surface area contributed by atoms with Gasteiger partial charge in [0, 0.05) is 0 Å². The van der Waals surface area contributed by atoms with Gasteiger partial charge in [-0.3, -0.25) is 0 Å². The topological polar surface area (TPSA) is 166 Å². The average molecular weight is 870 g/mol. The van der Waals surface area contributed by atoms with Gasteiger partial charge in [-0.25, -0.2) is 0 Å². The molecule has 44 heavy (non-hydrogen) atoms. The van der Waals surface area contributed by atoms with E-state index < -0.39 is 128 Å². The molecule has 0 unspecified atom stereocenters. The van der Waals surface area contributed by atoms with Crippen LogP contribution in [0.25, 0.3) is 0 Å². The molecule has 6 rings (SSSR count). The third-order valence-electron chi connectivity index (χ3n) is 5.22. The first-order chi connectivity index (χ1) is 20.3. The summed E-state index contributed by atoms with van der Waals surface area (Å²) >= 11 is 0. The highest BCUT2D eigenvalue weighted by molar-refractivity contribution is 6.98. The van der Waals surface area contributed by atoms with Gasteiger partial charge < -0.3 is 74.1 Å². The van der Waals surface area contributed by atoms with Crippen LogP contribution in [-0.4, -0.2) is 128 Å². The van der Waals surface area contributed by atoms with Gasteiger partial charge in [-0.15, -0.1) is 0 Å². The highest BCUT2D eigenvalue weighted by Gasteiger charge is 2.84. The lowest BCUT2D eigenvalue weighted by molar-refractivity contribution is -0.0948. The Kier molecular flexibility index (Phi) is 11.8. The molecule has 18 nitrogen and oxygen atoms in total. The Morgan fingerprint density at radius 3 is 0.545 bits per heavy atom. The first-order valence-corrected chi connectivity index (χ1v) is 44.0. The zero-order valence-electron chi connectivity index (χ0n) is 27.0. The second-order valence-corrected chi connectivity index (χ2v) is 47.8. The fourth-order valence-corrected chi connectivity index (χ4v) is 57.6. The molecule has 6 heterocycles. The molecule has 6 aliphatic heterocycles. The SMILES string of the molecule is C[SiH](C)O[Si]12O[SiH]3O[Si]4(O[SiH](C)C)O[Si](O[SiH](C)C)(O[SiH]5O[Si](O[SiH](C)C)(O1)O[Si](O[SiH](C)C)(O3)O[Si](O[SiH](C)C)(O5)O4)O2. The standard InChI is InChI=1S/C12H44O18Si14/c1-31(2)13-39-19-37-20-42(16-34(7)8)27-40(25-39,14-32(3)4)22-38-23-41(26-39,15-33(5)6)28-43(21-37,17-35(9)10)30-44(24-38,29-42)18-36(11)12/h31-38H,1-12H3. The highest BCUT2D eigenvalue weighted by atomic mass is 28.7. The summed E-state index contributed by atoms with van der Waals surface area (Å²) in [6.45, 7) is 23.3. The van der Waals surface area contributed by atoms with Crippen LogP contribution in [-0.2, 0) is 74.1 Å². The van der Waals surface area contributed by atoms with Gasteiger partial charge >= 0.3 is 73.3 Å². The third kappa shape index (κ3) is 8.60. The van der Waals surface area contributed by atoms with Crippen molar-refractivity contribution in [2.75, 3.05) is 0 Å². The number of hydrogen-bond acceptors (Lipinski definition) is 18. The van der Waals surface area contributed by atoms with Crippen LogP contribution in [0.4, 0.5) is 0 Å². The monoisotopic (exact) mass is 868 g/mol. The second-order valence-electron chi connectivity index (χ2n) is 11.9. The molecule has 32 heteroatoms. The molecule has 6 saturated heterocycles. The van der Waals surface area contributed by atoms with Gasteiger partial charge in [0.2, 0.25) is 0 Å². The van der Waals surface area contributed by atoms with E-state index in [4.69, 9.17) is 74.1 Å². The minimum atomic E-state index is -4.40. The van der Waals surface area contributed by atoms with Crippen molar-refractivity contribution in [2.24, 2.45) is 0 Å². The molecule has 0 aliphatic carbocycles. The fraction of sp³-hybridized carbons (Fsp3) is 1.00. The van der Waals surface area contributed by atoms with E-state index in [1.165, 1.54) is 0 Å². The van der Waals surface area contributed by atoms with Gasteiger partial charge in [0.05, 0.1) is 0 Å². The van der Waals surface area contributed by atoms with Crippen LogP contribution in [0.15, 0.2) is 0 Å². The van der Waals surface area contributed by atoms with Gasteiger partial charge in [0.25, 0.3) is 0 Å². The summed E-state index contributed by atoms with van der Waals surface area (Å²) in [7, 11) is -45.4. The van der Waals surface area contributed by atoms with Crippen molar-refractivity contribution in [1.82, 2.24) is 0 Å². The Balaban J connectivity index is 1.81. The Bertz CT molecular complexity index is 812. The molecular weight excluding hydrogens is 825 g/mol. The van der Waals surface area contributed by atoms with Crippen molar-refractivity contribution in [3.05, 3.63) is 0 Å². The smallest absolute Gasteiger partial charge is 0.398 e. The van der Waals surface area contributed by atoms with Crippen molar-refractivity contribution in [1.29, 1.82) is 0 Å². The molecule has 256 valence electrons. The maximum absolute atomic E-state index is 6.76. The lowest BCUT2D eigenvalue weighted by atomic mass is 11.9. The van der Waals surface area contributed by atoms with Crippen LogP contribution in [0.3, 0.4) is 0 Å². The minimum absolute atomic E-state index is 1.94. The van der Waals surface area contributed by atoms with Gasteiger partial charge in [0.1, 0.15) is 0 Å². The fourth-order valence-electron chi connectivity index (χ4n) is 4.37. The summed E-state index contributed by atoms with van der Waals surface area (Å²) in [5.41, 5.74) is 0. The van der Waals surface area contributed by atoms with E-state index in [9.17, 15) is 0 Å². The zero-order valence-corrected chi connectivity index (χ0v) is 42.2. The molecule has 0 amide bonds. The van der Waals surface area contributed by atoms with E-state index >= 15 is 0 Å². The molecule has 0 aromatic heterocycles. The summed E-state index contributed by atoms with van der Waals surface area (Å²) in [5, 5.41) is 0. The number of hydrogen-bond donors (Lipinski definition) is 0. The molecule has 0 saturated carbocycles. The van der Waals surface area contributed by atoms with Crippen LogP contribution >= 0.6 is 0 Å². The molecule has 0 N–H and O–H groups in total. The molecule has 6 fully saturated rings. The molecule has 0 radical (unpaired) electrons. The molecule has 0 aromatic rings. The van der Waals surface area contributed by atoms with E-state index in [-0.39, 0.29) is 0 Å². The first kappa shape index (κ1) is 37.6. The Labute approximate surface area is 278 Å². The average Bonchev–Trinajstić information content (AvgIpc) is 2.70. The lowest BCUT2D eigenvalue weighted by Gasteiger charge is -2.56. The summed E-state index contributed by atoms with van der Waals surface area (Å²) in [5.74, 6) is 0. The van der Waals surface area contributed by atoms with E-state index in [1.807, 2.05) is 78.6 Å². The summed E-state index contributed by atoms with van der Waals surface area (Å²) < 4.78 is 119. The van der Waals surface area contributed by atoms with E-state index in [0.717, 1.165) is 0 Å². The van der Waals surface area contributed by atoms with Crippen LogP contribution in [0, 0.1) is 0 Å². The van der Waals surface area contributed by atoms with Crippen molar-refractivity contribution in [3.8, 4) is 0 Å². The highest BCUT2D eigenvalue weighted by Crippen LogP contribution is 2.46. The molecule has 6 aliphatic rings. The summed E-state index contributed by atoms with van der Waals surface area (Å²) in [6.07, 6.45) is 0. The second kappa shape index (κ2) is 13.8. The van der Waals surface area contributed by atoms with Crippen molar-refractivity contribution in [2.45, 2.75) is 78.6 Å².